The summed E-state index contributed by atoms with van der Waals surface area (Å²) >= 11 is 0. The largest absolute Gasteiger partial charge is 0.356 e. The molecule has 2 aromatic rings. The summed E-state index contributed by atoms with van der Waals surface area (Å²) in [7, 11) is 0. The van der Waals surface area contributed by atoms with Crippen LogP contribution in [0.2, 0.25) is 0 Å². The van der Waals surface area contributed by atoms with E-state index in [0.29, 0.717) is 19.0 Å². The van der Waals surface area contributed by atoms with Gasteiger partial charge < -0.3 is 15.5 Å². The van der Waals surface area contributed by atoms with Crippen molar-refractivity contribution >= 4 is 17.7 Å². The number of carbonyl (C=O) groups excluding carboxylic acids is 1. The maximum absolute atomic E-state index is 12.4. The fourth-order valence-corrected chi connectivity index (χ4v) is 3.34. The third-order valence-corrected chi connectivity index (χ3v) is 4.85. The van der Waals surface area contributed by atoms with Gasteiger partial charge in [0, 0.05) is 43.5 Å². The molecule has 1 amide bonds. The Morgan fingerprint density at radius 1 is 1.04 bits per heavy atom. The predicted molar refractivity (Wildman–Crippen MR) is 110 cm³/mol. The molecule has 2 N–H and O–H groups in total. The fraction of sp³-hybridized carbons (Fsp3) is 0.476. The highest BCUT2D eigenvalue weighted by Crippen LogP contribution is 2.19. The SMILES string of the molecule is Cc1ccc(C)c(C(=O)NCCNc2nc(C)cc(N3CCCCC3)n2)c1. The van der Waals surface area contributed by atoms with Crippen LogP contribution < -0.4 is 15.5 Å². The van der Waals surface area contributed by atoms with Gasteiger partial charge in [-0.2, -0.15) is 4.98 Å². The lowest BCUT2D eigenvalue weighted by molar-refractivity contribution is 0.0954. The first-order valence-corrected chi connectivity index (χ1v) is 9.73. The van der Waals surface area contributed by atoms with Crippen LogP contribution in [-0.2, 0) is 0 Å². The van der Waals surface area contributed by atoms with Gasteiger partial charge in [-0.05, 0) is 51.7 Å². The van der Waals surface area contributed by atoms with Gasteiger partial charge in [0.2, 0.25) is 5.95 Å². The number of piperidine rings is 1. The Labute approximate surface area is 161 Å². The van der Waals surface area contributed by atoms with Crippen molar-refractivity contribution in [1.82, 2.24) is 15.3 Å². The predicted octanol–water partition coefficient (Wildman–Crippen LogP) is 3.23. The molecule has 6 heteroatoms. The Bertz CT molecular complexity index is 799. The highest BCUT2D eigenvalue weighted by molar-refractivity contribution is 5.95. The highest BCUT2D eigenvalue weighted by Gasteiger charge is 2.14. The van der Waals surface area contributed by atoms with E-state index in [2.05, 4.69) is 25.5 Å². The van der Waals surface area contributed by atoms with E-state index in [4.69, 9.17) is 0 Å². The van der Waals surface area contributed by atoms with E-state index in [-0.39, 0.29) is 5.91 Å². The molecule has 144 valence electrons. The lowest BCUT2D eigenvalue weighted by atomic mass is 10.1. The van der Waals surface area contributed by atoms with Gasteiger partial charge >= 0.3 is 0 Å². The zero-order chi connectivity index (χ0) is 19.2. The van der Waals surface area contributed by atoms with Crippen LogP contribution in [0.15, 0.2) is 24.3 Å². The third-order valence-electron chi connectivity index (χ3n) is 4.85. The monoisotopic (exact) mass is 367 g/mol. The lowest BCUT2D eigenvalue weighted by Crippen LogP contribution is -2.31. The third kappa shape index (κ3) is 5.18. The van der Waals surface area contributed by atoms with Crippen LogP contribution in [0.1, 0.15) is 46.4 Å². The van der Waals surface area contributed by atoms with Crippen LogP contribution in [0.5, 0.6) is 0 Å². The molecule has 1 saturated heterocycles. The van der Waals surface area contributed by atoms with E-state index in [1.165, 1.54) is 19.3 Å². The number of hydrogen-bond donors (Lipinski definition) is 2. The topological polar surface area (TPSA) is 70.2 Å². The van der Waals surface area contributed by atoms with E-state index >= 15 is 0 Å². The van der Waals surface area contributed by atoms with Gasteiger partial charge in [0.1, 0.15) is 5.82 Å². The van der Waals surface area contributed by atoms with Gasteiger partial charge in [-0.25, -0.2) is 4.98 Å². The molecule has 1 aromatic heterocycles. The fourth-order valence-electron chi connectivity index (χ4n) is 3.34. The van der Waals surface area contributed by atoms with Crippen LogP contribution in [0.4, 0.5) is 11.8 Å². The van der Waals surface area contributed by atoms with Crippen molar-refractivity contribution in [3.05, 3.63) is 46.6 Å². The van der Waals surface area contributed by atoms with Crippen LogP contribution in [0.3, 0.4) is 0 Å². The maximum Gasteiger partial charge on any atom is 0.251 e. The summed E-state index contributed by atoms with van der Waals surface area (Å²) < 4.78 is 0. The van der Waals surface area contributed by atoms with Gasteiger partial charge in [0.15, 0.2) is 0 Å². The molecule has 0 unspecified atom stereocenters. The van der Waals surface area contributed by atoms with E-state index in [1.54, 1.807) is 0 Å². The molecular formula is C21H29N5O. The quantitative estimate of drug-likeness (QED) is 0.767. The molecule has 3 rings (SSSR count). The number of benzene rings is 1. The lowest BCUT2D eigenvalue weighted by Gasteiger charge is -2.28. The Morgan fingerprint density at radius 2 is 1.81 bits per heavy atom. The van der Waals surface area contributed by atoms with Gasteiger partial charge in [0.25, 0.3) is 5.91 Å². The summed E-state index contributed by atoms with van der Waals surface area (Å²) in [6.45, 7) is 9.15. The van der Waals surface area contributed by atoms with Gasteiger partial charge in [-0.1, -0.05) is 17.7 Å². The zero-order valence-corrected chi connectivity index (χ0v) is 16.5. The molecule has 0 saturated carbocycles. The number of aromatic nitrogens is 2. The number of nitrogens with zero attached hydrogens (tertiary/aromatic N) is 3. The van der Waals surface area contributed by atoms with Gasteiger partial charge in [-0.3, -0.25) is 4.79 Å². The number of anilines is 2. The Hall–Kier alpha value is -2.63. The summed E-state index contributed by atoms with van der Waals surface area (Å²) in [5, 5.41) is 6.20. The van der Waals surface area contributed by atoms with Gasteiger partial charge in [-0.15, -0.1) is 0 Å². The standard InChI is InChI=1S/C21H29N5O/c1-15-7-8-16(2)18(13-15)20(27)22-9-10-23-21-24-17(3)14-19(25-21)26-11-5-4-6-12-26/h7-8,13-14H,4-6,9-12H2,1-3H3,(H,22,27)(H,23,24,25). The minimum Gasteiger partial charge on any atom is -0.356 e. The molecule has 6 nitrogen and oxygen atoms in total. The van der Waals surface area contributed by atoms with E-state index < -0.39 is 0 Å². The second-order valence-corrected chi connectivity index (χ2v) is 7.24. The molecule has 1 aromatic carbocycles. The first kappa shape index (κ1) is 19.1. The summed E-state index contributed by atoms with van der Waals surface area (Å²) in [5.41, 5.74) is 3.75. The summed E-state index contributed by atoms with van der Waals surface area (Å²) in [6, 6.07) is 7.96. The summed E-state index contributed by atoms with van der Waals surface area (Å²) in [4.78, 5) is 23.8. The minimum atomic E-state index is -0.0443. The summed E-state index contributed by atoms with van der Waals surface area (Å²) in [5.74, 6) is 1.57. The molecule has 0 atom stereocenters. The van der Waals surface area contributed by atoms with Gasteiger partial charge in [0.05, 0.1) is 0 Å². The Balaban J connectivity index is 1.53. The van der Waals surface area contributed by atoms with Crippen LogP contribution in [0.25, 0.3) is 0 Å². The molecular weight excluding hydrogens is 338 g/mol. The second-order valence-electron chi connectivity index (χ2n) is 7.24. The van der Waals surface area contributed by atoms with Crippen molar-refractivity contribution in [1.29, 1.82) is 0 Å². The molecule has 27 heavy (non-hydrogen) atoms. The average Bonchev–Trinajstić information content (AvgIpc) is 2.67. The van der Waals surface area contributed by atoms with E-state index in [0.717, 1.165) is 41.3 Å². The highest BCUT2D eigenvalue weighted by atomic mass is 16.1. The number of hydrogen-bond acceptors (Lipinski definition) is 5. The Kier molecular flexibility index (Phi) is 6.27. The second kappa shape index (κ2) is 8.84. The first-order valence-electron chi connectivity index (χ1n) is 9.73. The van der Waals surface area contributed by atoms with Crippen molar-refractivity contribution in [2.75, 3.05) is 36.4 Å². The number of amides is 1. The molecule has 1 fully saturated rings. The van der Waals surface area contributed by atoms with E-state index in [9.17, 15) is 4.79 Å². The van der Waals surface area contributed by atoms with Crippen LogP contribution in [-0.4, -0.2) is 42.1 Å². The number of carbonyl (C=O) groups is 1. The normalized spacial score (nSPS) is 14.1. The summed E-state index contributed by atoms with van der Waals surface area (Å²) in [6.07, 6.45) is 3.73. The van der Waals surface area contributed by atoms with E-state index in [1.807, 2.05) is 45.0 Å². The van der Waals surface area contributed by atoms with Crippen molar-refractivity contribution in [3.63, 3.8) is 0 Å². The zero-order valence-electron chi connectivity index (χ0n) is 16.5. The smallest absolute Gasteiger partial charge is 0.251 e. The van der Waals surface area contributed by atoms with Crippen LogP contribution in [0, 0.1) is 20.8 Å². The van der Waals surface area contributed by atoms with Crippen LogP contribution >= 0.6 is 0 Å². The number of rotatable bonds is 6. The Morgan fingerprint density at radius 3 is 2.59 bits per heavy atom. The molecule has 1 aliphatic rings. The van der Waals surface area contributed by atoms with Crippen molar-refractivity contribution < 1.29 is 4.79 Å². The average molecular weight is 367 g/mol. The molecule has 1 aliphatic heterocycles. The molecule has 2 heterocycles. The maximum atomic E-state index is 12.4. The molecule has 0 spiro atoms. The van der Waals surface area contributed by atoms with Crippen molar-refractivity contribution in [3.8, 4) is 0 Å². The molecule has 0 radical (unpaired) electrons. The number of aryl methyl sites for hydroxylation is 3. The molecule has 0 bridgehead atoms. The van der Waals surface area contributed by atoms with Crippen molar-refractivity contribution in [2.24, 2.45) is 0 Å². The minimum absolute atomic E-state index is 0.0443. The van der Waals surface area contributed by atoms with Crippen molar-refractivity contribution in [2.45, 2.75) is 40.0 Å². The first-order chi connectivity index (χ1) is 13.0. The molecule has 0 aliphatic carbocycles. The number of nitrogens with one attached hydrogen (secondary N) is 2.